The van der Waals surface area contributed by atoms with Crippen molar-refractivity contribution >= 4 is 34.5 Å². The van der Waals surface area contributed by atoms with E-state index in [1.54, 1.807) is 69.3 Å². The number of furan rings is 1. The molecule has 0 spiro atoms. The van der Waals surface area contributed by atoms with E-state index < -0.39 is 12.2 Å². The minimum Gasteiger partial charge on any atom is -0.508 e. The summed E-state index contributed by atoms with van der Waals surface area (Å²) in [5.41, 5.74) is 4.35. The highest BCUT2D eigenvalue weighted by atomic mass is 16.4. The molecule has 12 nitrogen and oxygen atoms in total. The highest BCUT2D eigenvalue weighted by Gasteiger charge is 2.51. The Labute approximate surface area is 307 Å². The van der Waals surface area contributed by atoms with Gasteiger partial charge in [0.2, 0.25) is 17.7 Å². The molecule has 3 aromatic carbocycles. The molecule has 53 heavy (non-hydrogen) atoms. The van der Waals surface area contributed by atoms with Crippen molar-refractivity contribution in [3.8, 4) is 17.1 Å². The summed E-state index contributed by atoms with van der Waals surface area (Å²) < 4.78 is 7.90. The number of benzene rings is 3. The number of carbonyl (C=O) groups is 4. The Bertz CT molecular complexity index is 2170. The predicted molar refractivity (Wildman–Crippen MR) is 199 cm³/mol. The molecule has 2 fully saturated rings. The average Bonchev–Trinajstić information content (AvgIpc) is 3.79. The third-order valence-corrected chi connectivity index (χ3v) is 10.0. The third-order valence-electron chi connectivity index (χ3n) is 10.0. The lowest BCUT2D eigenvalue weighted by molar-refractivity contribution is -0.205. The van der Waals surface area contributed by atoms with Crippen molar-refractivity contribution in [1.82, 2.24) is 29.7 Å². The van der Waals surface area contributed by atoms with Gasteiger partial charge in [-0.3, -0.25) is 19.2 Å². The second-order valence-electron chi connectivity index (χ2n) is 13.5. The smallest absolute Gasteiger partial charge is 0.286 e. The number of hydrogen-bond acceptors (Lipinski definition) is 7. The van der Waals surface area contributed by atoms with Crippen LogP contribution in [0.4, 0.5) is 0 Å². The van der Waals surface area contributed by atoms with Gasteiger partial charge in [0.1, 0.15) is 23.7 Å². The molecular weight excluding hydrogens is 672 g/mol. The summed E-state index contributed by atoms with van der Waals surface area (Å²) in [5.74, 6) is -0.112. The number of phenols is 1. The number of aromatic hydroxyl groups is 1. The summed E-state index contributed by atoms with van der Waals surface area (Å²) in [6.45, 7) is 4.42. The molecule has 2 atom stereocenters. The molecule has 0 radical (unpaired) electrons. The van der Waals surface area contributed by atoms with Crippen molar-refractivity contribution in [2.24, 2.45) is 7.05 Å². The SMILES string of the molecule is C=CCN1CC(=O)N2[C@@H](Cc3ccc(O)cc3)C(=O)N(Cc3cccc4c(-c5ccc(C(=O)NC)o5)cn(C)c34)C[C@@H]2N1C(=O)CCc1ccccc1. The van der Waals surface area contributed by atoms with Gasteiger partial charge in [-0.25, -0.2) is 10.0 Å². The van der Waals surface area contributed by atoms with Gasteiger partial charge in [-0.05, 0) is 47.4 Å². The summed E-state index contributed by atoms with van der Waals surface area (Å²) in [6.07, 6.45) is 3.80. The maximum atomic E-state index is 14.6. The number of nitrogens with zero attached hydrogens (tertiary/aromatic N) is 5. The number of piperazine rings is 1. The molecule has 2 saturated heterocycles. The number of rotatable bonds is 11. The van der Waals surface area contributed by atoms with Gasteiger partial charge in [0.05, 0.1) is 18.6 Å². The first-order valence-electron chi connectivity index (χ1n) is 17.7. The molecule has 2 aliphatic heterocycles. The quantitative estimate of drug-likeness (QED) is 0.193. The largest absolute Gasteiger partial charge is 0.508 e. The first-order valence-corrected chi connectivity index (χ1v) is 17.7. The van der Waals surface area contributed by atoms with E-state index in [0.717, 1.165) is 33.2 Å². The van der Waals surface area contributed by atoms with Gasteiger partial charge in [0.15, 0.2) is 5.76 Å². The number of hydrogen-bond donors (Lipinski definition) is 2. The van der Waals surface area contributed by atoms with E-state index in [9.17, 15) is 24.3 Å². The third kappa shape index (κ3) is 6.93. The molecule has 7 rings (SSSR count). The van der Waals surface area contributed by atoms with Gasteiger partial charge in [0.25, 0.3) is 5.91 Å². The fraction of sp³-hybridized carbons (Fsp3) is 0.268. The fourth-order valence-corrected chi connectivity index (χ4v) is 7.58. The molecule has 2 aliphatic rings. The van der Waals surface area contributed by atoms with E-state index in [-0.39, 0.29) is 74.2 Å². The van der Waals surface area contributed by atoms with Crippen LogP contribution in [0.2, 0.25) is 0 Å². The Balaban J connectivity index is 1.26. The van der Waals surface area contributed by atoms with Gasteiger partial charge in [-0.2, -0.15) is 0 Å². The predicted octanol–water partition coefficient (Wildman–Crippen LogP) is 4.49. The summed E-state index contributed by atoms with van der Waals surface area (Å²) >= 11 is 0. The van der Waals surface area contributed by atoms with Gasteiger partial charge in [-0.15, -0.1) is 6.58 Å². The second kappa shape index (κ2) is 14.8. The first-order chi connectivity index (χ1) is 25.7. The standard InChI is InChI=1S/C41H42N6O6/c1-4-21-45-26-38(50)46-33(22-28-13-16-30(48)17-14-28)41(52)44(25-36(46)47(45)37(49)20-15-27-9-6-5-7-10-27)23-29-11-8-12-31-32(24-43(3)39(29)31)34-18-19-35(53-34)40(51)42-2/h4-14,16-19,24,33,36,48H,1,15,20-23,25-26H2,2-3H3,(H,42,51)/t33-,36-/m0/s1. The molecule has 0 aliphatic carbocycles. The Morgan fingerprint density at radius 1 is 0.981 bits per heavy atom. The topological polar surface area (TPSA) is 132 Å². The molecule has 0 saturated carbocycles. The van der Waals surface area contributed by atoms with Crippen LogP contribution in [0, 0.1) is 0 Å². The highest BCUT2D eigenvalue weighted by Crippen LogP contribution is 2.35. The fourth-order valence-electron chi connectivity index (χ4n) is 7.58. The van der Waals surface area contributed by atoms with Crippen LogP contribution >= 0.6 is 0 Å². The number of fused-ring (bicyclic) bond motifs is 2. The van der Waals surface area contributed by atoms with Crippen LogP contribution in [-0.2, 0) is 40.8 Å². The van der Waals surface area contributed by atoms with Crippen molar-refractivity contribution in [2.45, 2.75) is 38.0 Å². The van der Waals surface area contributed by atoms with E-state index in [2.05, 4.69) is 11.9 Å². The van der Waals surface area contributed by atoms with Crippen LogP contribution < -0.4 is 5.32 Å². The Kier molecular flexibility index (Phi) is 9.88. The zero-order chi connectivity index (χ0) is 37.2. The number of nitrogens with one attached hydrogen (secondary N) is 1. The molecule has 0 bridgehead atoms. The van der Waals surface area contributed by atoms with E-state index in [1.807, 2.05) is 66.3 Å². The van der Waals surface area contributed by atoms with Gasteiger partial charge < -0.3 is 29.2 Å². The molecule has 2 N–H and O–H groups in total. The van der Waals surface area contributed by atoms with E-state index in [0.29, 0.717) is 12.2 Å². The number of aryl methyl sites for hydroxylation is 2. The number of para-hydroxylation sites is 1. The van der Waals surface area contributed by atoms with Crippen molar-refractivity contribution in [2.75, 3.05) is 26.7 Å². The van der Waals surface area contributed by atoms with Crippen LogP contribution in [0.25, 0.3) is 22.2 Å². The molecule has 5 aromatic rings. The van der Waals surface area contributed by atoms with Crippen molar-refractivity contribution < 1.29 is 28.7 Å². The lowest BCUT2D eigenvalue weighted by Crippen LogP contribution is -2.75. The Hall–Kier alpha value is -6.14. The zero-order valence-electron chi connectivity index (χ0n) is 29.8. The summed E-state index contributed by atoms with van der Waals surface area (Å²) in [7, 11) is 3.47. The van der Waals surface area contributed by atoms with Crippen LogP contribution in [0.1, 0.15) is 33.7 Å². The number of phenolic OH excluding ortho intramolecular Hbond substituents is 1. The highest BCUT2D eigenvalue weighted by molar-refractivity contribution is 5.98. The second-order valence-corrected chi connectivity index (χ2v) is 13.5. The van der Waals surface area contributed by atoms with Crippen molar-refractivity contribution in [1.29, 1.82) is 0 Å². The molecule has 0 unspecified atom stereocenters. The number of hydrazine groups is 1. The lowest BCUT2D eigenvalue weighted by atomic mass is 9.97. The molecule has 12 heteroatoms. The van der Waals surface area contributed by atoms with Crippen LogP contribution in [0.5, 0.6) is 5.75 Å². The van der Waals surface area contributed by atoms with Gasteiger partial charge in [-0.1, -0.05) is 66.7 Å². The Morgan fingerprint density at radius 3 is 2.49 bits per heavy atom. The minimum atomic E-state index is -0.893. The number of aromatic nitrogens is 1. The number of carbonyl (C=O) groups excluding carboxylic acids is 4. The normalized spacial score (nSPS) is 17.7. The number of amides is 4. The maximum Gasteiger partial charge on any atom is 0.286 e. The van der Waals surface area contributed by atoms with Crippen molar-refractivity contribution in [3.63, 3.8) is 0 Å². The van der Waals surface area contributed by atoms with E-state index >= 15 is 0 Å². The lowest BCUT2D eigenvalue weighted by Gasteiger charge is -2.55. The molecule has 2 aromatic heterocycles. The molecule has 4 heterocycles. The first kappa shape index (κ1) is 35.3. The molecule has 4 amide bonds. The zero-order valence-corrected chi connectivity index (χ0v) is 29.8. The summed E-state index contributed by atoms with van der Waals surface area (Å²) in [6, 6.07) is 24.8. The minimum absolute atomic E-state index is 0.0706. The summed E-state index contributed by atoms with van der Waals surface area (Å²) in [5, 5.41) is 16.8. The van der Waals surface area contributed by atoms with E-state index in [1.165, 1.54) is 0 Å². The van der Waals surface area contributed by atoms with Crippen molar-refractivity contribution in [3.05, 3.63) is 126 Å². The Morgan fingerprint density at radius 2 is 1.75 bits per heavy atom. The van der Waals surface area contributed by atoms with Gasteiger partial charge >= 0.3 is 0 Å². The van der Waals surface area contributed by atoms with Crippen LogP contribution in [0.3, 0.4) is 0 Å². The monoisotopic (exact) mass is 714 g/mol. The van der Waals surface area contributed by atoms with Crippen LogP contribution in [-0.4, -0.2) is 92.0 Å². The van der Waals surface area contributed by atoms with E-state index in [4.69, 9.17) is 4.42 Å². The average molecular weight is 715 g/mol. The molecular formula is C41H42N6O6. The molecule has 272 valence electrons. The van der Waals surface area contributed by atoms with Gasteiger partial charge in [0, 0.05) is 57.2 Å². The maximum absolute atomic E-state index is 14.6. The van der Waals surface area contributed by atoms with Crippen LogP contribution in [0.15, 0.2) is 108 Å². The summed E-state index contributed by atoms with van der Waals surface area (Å²) in [4.78, 5) is 58.4.